The first-order valence-electron chi connectivity index (χ1n) is 6.59. The average molecular weight is 292 g/mol. The molecule has 1 aromatic carbocycles. The van der Waals surface area contributed by atoms with Crippen LogP contribution in [0.2, 0.25) is 0 Å². The van der Waals surface area contributed by atoms with E-state index in [-0.39, 0.29) is 31.4 Å². The Bertz CT molecular complexity index is 585. The topological polar surface area (TPSA) is 95.9 Å². The van der Waals surface area contributed by atoms with E-state index in [1.54, 1.807) is 19.1 Å². The van der Waals surface area contributed by atoms with E-state index in [9.17, 15) is 14.4 Å². The molecule has 7 nitrogen and oxygen atoms in total. The van der Waals surface area contributed by atoms with Crippen molar-refractivity contribution in [1.29, 1.82) is 0 Å². The number of ether oxygens (including phenoxy) is 1. The molecular weight excluding hydrogens is 276 g/mol. The standard InChI is InChI=1S/C14H16N2O5/c1-2-16(6-5-13(18)19)14(20)9-3-4-11-10(7-9)15-12(17)8-21-11/h3-4,7H,2,5-6,8H2,1H3,(H,15,17)(H,18,19). The van der Waals surface area contributed by atoms with Gasteiger partial charge >= 0.3 is 5.97 Å². The van der Waals surface area contributed by atoms with Gasteiger partial charge in [-0.2, -0.15) is 0 Å². The minimum absolute atomic E-state index is 0.0417. The van der Waals surface area contributed by atoms with Crippen LogP contribution in [0.5, 0.6) is 5.75 Å². The third-order valence-electron chi connectivity index (χ3n) is 3.12. The highest BCUT2D eigenvalue weighted by atomic mass is 16.5. The van der Waals surface area contributed by atoms with Gasteiger partial charge in [0.1, 0.15) is 5.75 Å². The first-order valence-corrected chi connectivity index (χ1v) is 6.59. The van der Waals surface area contributed by atoms with Gasteiger partial charge in [0.15, 0.2) is 6.61 Å². The van der Waals surface area contributed by atoms with Gasteiger partial charge in [0.2, 0.25) is 0 Å². The summed E-state index contributed by atoms with van der Waals surface area (Å²) in [6, 6.07) is 4.76. The number of hydrogen-bond acceptors (Lipinski definition) is 4. The number of nitrogens with zero attached hydrogens (tertiary/aromatic N) is 1. The van der Waals surface area contributed by atoms with Crippen LogP contribution in [0.3, 0.4) is 0 Å². The Labute approximate surface area is 121 Å². The van der Waals surface area contributed by atoms with Crippen LogP contribution in [-0.4, -0.2) is 47.5 Å². The minimum atomic E-state index is -0.952. The van der Waals surface area contributed by atoms with Gasteiger partial charge < -0.3 is 20.1 Å². The van der Waals surface area contributed by atoms with E-state index in [1.807, 2.05) is 0 Å². The summed E-state index contributed by atoms with van der Waals surface area (Å²) in [5.74, 6) is -0.987. The number of nitrogens with one attached hydrogen (secondary N) is 1. The largest absolute Gasteiger partial charge is 0.482 e. The summed E-state index contributed by atoms with van der Waals surface area (Å²) in [5.41, 5.74) is 0.832. The van der Waals surface area contributed by atoms with Crippen molar-refractivity contribution in [3.63, 3.8) is 0 Å². The molecule has 0 aliphatic carbocycles. The van der Waals surface area contributed by atoms with Crippen molar-refractivity contribution in [2.24, 2.45) is 0 Å². The molecule has 2 N–H and O–H groups in total. The zero-order valence-electron chi connectivity index (χ0n) is 11.6. The van der Waals surface area contributed by atoms with Crippen LogP contribution in [0.15, 0.2) is 18.2 Å². The van der Waals surface area contributed by atoms with E-state index in [4.69, 9.17) is 9.84 Å². The Morgan fingerprint density at radius 1 is 1.43 bits per heavy atom. The van der Waals surface area contributed by atoms with Gasteiger partial charge in [0, 0.05) is 18.7 Å². The molecule has 1 aromatic rings. The Morgan fingerprint density at radius 2 is 2.19 bits per heavy atom. The molecular formula is C14H16N2O5. The number of carbonyl (C=O) groups excluding carboxylic acids is 2. The summed E-state index contributed by atoms with van der Waals surface area (Å²) in [7, 11) is 0. The number of carboxylic acids is 1. The number of anilines is 1. The Balaban J connectivity index is 2.16. The summed E-state index contributed by atoms with van der Waals surface area (Å²) in [6.45, 7) is 2.29. The quantitative estimate of drug-likeness (QED) is 0.842. The summed E-state index contributed by atoms with van der Waals surface area (Å²) in [5, 5.41) is 11.3. The van der Waals surface area contributed by atoms with Crippen molar-refractivity contribution in [2.75, 3.05) is 25.0 Å². The fourth-order valence-corrected chi connectivity index (χ4v) is 2.03. The van der Waals surface area contributed by atoms with Gasteiger partial charge in [-0.25, -0.2) is 0 Å². The molecule has 1 aliphatic rings. The van der Waals surface area contributed by atoms with Gasteiger partial charge in [-0.3, -0.25) is 14.4 Å². The highest BCUT2D eigenvalue weighted by molar-refractivity contribution is 5.99. The Morgan fingerprint density at radius 3 is 2.86 bits per heavy atom. The molecule has 0 bridgehead atoms. The second-order valence-electron chi connectivity index (χ2n) is 4.58. The molecule has 0 radical (unpaired) electrons. The van der Waals surface area contributed by atoms with Gasteiger partial charge in [-0.15, -0.1) is 0 Å². The van der Waals surface area contributed by atoms with Gasteiger partial charge in [-0.05, 0) is 25.1 Å². The average Bonchev–Trinajstić information content (AvgIpc) is 2.46. The fraction of sp³-hybridized carbons (Fsp3) is 0.357. The molecule has 1 aliphatic heterocycles. The van der Waals surface area contributed by atoms with Crippen LogP contribution in [0.4, 0.5) is 5.69 Å². The summed E-state index contributed by atoms with van der Waals surface area (Å²) in [4.78, 5) is 35.7. The van der Waals surface area contributed by atoms with Crippen molar-refractivity contribution in [1.82, 2.24) is 4.90 Å². The highest BCUT2D eigenvalue weighted by Crippen LogP contribution is 2.28. The molecule has 0 saturated heterocycles. The second kappa shape index (κ2) is 6.25. The number of rotatable bonds is 5. The molecule has 21 heavy (non-hydrogen) atoms. The predicted molar refractivity (Wildman–Crippen MR) is 74.4 cm³/mol. The van der Waals surface area contributed by atoms with Crippen LogP contribution in [0, 0.1) is 0 Å². The predicted octanol–water partition coefficient (Wildman–Crippen LogP) is 0.954. The number of benzene rings is 1. The number of amides is 2. The molecule has 0 fully saturated rings. The van der Waals surface area contributed by atoms with E-state index < -0.39 is 5.97 Å². The first kappa shape index (κ1) is 14.8. The van der Waals surface area contributed by atoms with E-state index in [1.165, 1.54) is 11.0 Å². The zero-order chi connectivity index (χ0) is 15.4. The van der Waals surface area contributed by atoms with Crippen molar-refractivity contribution in [2.45, 2.75) is 13.3 Å². The maximum atomic E-state index is 12.3. The van der Waals surface area contributed by atoms with Crippen LogP contribution in [0.25, 0.3) is 0 Å². The van der Waals surface area contributed by atoms with E-state index in [0.717, 1.165) is 0 Å². The lowest BCUT2D eigenvalue weighted by molar-refractivity contribution is -0.137. The van der Waals surface area contributed by atoms with Crippen LogP contribution in [-0.2, 0) is 9.59 Å². The zero-order valence-corrected chi connectivity index (χ0v) is 11.6. The lowest BCUT2D eigenvalue weighted by atomic mass is 10.1. The Hall–Kier alpha value is -2.57. The number of carboxylic acid groups (broad SMARTS) is 1. The fourth-order valence-electron chi connectivity index (χ4n) is 2.03. The van der Waals surface area contributed by atoms with Gasteiger partial charge in [0.05, 0.1) is 12.1 Å². The lowest BCUT2D eigenvalue weighted by Gasteiger charge is -2.22. The molecule has 0 unspecified atom stereocenters. The van der Waals surface area contributed by atoms with E-state index >= 15 is 0 Å². The maximum absolute atomic E-state index is 12.3. The molecule has 112 valence electrons. The number of hydrogen-bond donors (Lipinski definition) is 2. The molecule has 0 atom stereocenters. The third kappa shape index (κ3) is 3.50. The molecule has 0 saturated carbocycles. The SMILES string of the molecule is CCN(CCC(=O)O)C(=O)c1ccc2c(c1)NC(=O)CO2. The minimum Gasteiger partial charge on any atom is -0.482 e. The molecule has 0 spiro atoms. The molecule has 2 amide bonds. The highest BCUT2D eigenvalue weighted by Gasteiger charge is 2.20. The van der Waals surface area contributed by atoms with Crippen molar-refractivity contribution < 1.29 is 24.2 Å². The Kier molecular flexibility index (Phi) is 4.42. The van der Waals surface area contributed by atoms with Gasteiger partial charge in [-0.1, -0.05) is 0 Å². The lowest BCUT2D eigenvalue weighted by Crippen LogP contribution is -2.33. The second-order valence-corrected chi connectivity index (χ2v) is 4.58. The summed E-state index contributed by atoms with van der Waals surface area (Å²) >= 11 is 0. The molecule has 0 aromatic heterocycles. The van der Waals surface area contributed by atoms with Crippen LogP contribution >= 0.6 is 0 Å². The third-order valence-corrected chi connectivity index (χ3v) is 3.12. The monoisotopic (exact) mass is 292 g/mol. The van der Waals surface area contributed by atoms with Crippen LogP contribution < -0.4 is 10.1 Å². The molecule has 7 heteroatoms. The van der Waals surface area contributed by atoms with Crippen molar-refractivity contribution in [3.8, 4) is 5.75 Å². The smallest absolute Gasteiger partial charge is 0.305 e. The number of fused-ring (bicyclic) bond motifs is 1. The number of aliphatic carboxylic acids is 1. The van der Waals surface area contributed by atoms with Crippen molar-refractivity contribution >= 4 is 23.5 Å². The molecule has 2 rings (SSSR count). The molecule has 1 heterocycles. The maximum Gasteiger partial charge on any atom is 0.305 e. The first-order chi connectivity index (χ1) is 10.0. The number of carbonyl (C=O) groups is 3. The van der Waals surface area contributed by atoms with Crippen molar-refractivity contribution in [3.05, 3.63) is 23.8 Å². The summed E-state index contributed by atoms with van der Waals surface area (Å²) in [6.07, 6.45) is -0.107. The normalized spacial score (nSPS) is 12.9. The summed E-state index contributed by atoms with van der Waals surface area (Å²) < 4.78 is 5.22. The van der Waals surface area contributed by atoms with E-state index in [0.29, 0.717) is 23.5 Å². The van der Waals surface area contributed by atoms with Gasteiger partial charge in [0.25, 0.3) is 11.8 Å². The van der Waals surface area contributed by atoms with E-state index in [2.05, 4.69) is 5.32 Å². The van der Waals surface area contributed by atoms with Crippen LogP contribution in [0.1, 0.15) is 23.7 Å².